The number of nitrogens with zero attached hydrogens (tertiary/aromatic N) is 2. The monoisotopic (exact) mass is 253 g/mol. The third kappa shape index (κ3) is 3.30. The van der Waals surface area contributed by atoms with Crippen molar-refractivity contribution in [2.75, 3.05) is 7.11 Å². The van der Waals surface area contributed by atoms with Crippen LogP contribution in [-0.2, 0) is 6.54 Å². The highest BCUT2D eigenvalue weighted by Crippen LogP contribution is 2.18. The lowest BCUT2D eigenvalue weighted by molar-refractivity contribution is 0.407. The summed E-state index contributed by atoms with van der Waals surface area (Å²) in [6, 6.07) is 13.3. The number of aromatic nitrogens is 1. The van der Waals surface area contributed by atoms with Crippen LogP contribution in [0.1, 0.15) is 17.2 Å². The summed E-state index contributed by atoms with van der Waals surface area (Å²) in [4.78, 5) is 4.03. The molecule has 1 atom stereocenters. The summed E-state index contributed by atoms with van der Waals surface area (Å²) in [5.41, 5.74) is 1.88. The quantitative estimate of drug-likeness (QED) is 0.889. The van der Waals surface area contributed by atoms with Crippen molar-refractivity contribution in [2.24, 2.45) is 0 Å². The highest BCUT2D eigenvalue weighted by molar-refractivity contribution is 5.33. The fourth-order valence-corrected chi connectivity index (χ4v) is 1.85. The molecule has 4 heteroatoms. The molecule has 96 valence electrons. The van der Waals surface area contributed by atoms with Crippen molar-refractivity contribution in [1.29, 1.82) is 5.26 Å². The van der Waals surface area contributed by atoms with E-state index in [4.69, 9.17) is 4.74 Å². The molecule has 0 aliphatic rings. The van der Waals surface area contributed by atoms with Crippen molar-refractivity contribution < 1.29 is 4.74 Å². The molecule has 1 aromatic carbocycles. The summed E-state index contributed by atoms with van der Waals surface area (Å²) < 4.78 is 5.28. The number of para-hydroxylation sites is 1. The fourth-order valence-electron chi connectivity index (χ4n) is 1.85. The van der Waals surface area contributed by atoms with Gasteiger partial charge in [-0.15, -0.1) is 0 Å². The largest absolute Gasteiger partial charge is 0.496 e. The second-order valence-corrected chi connectivity index (χ2v) is 4.04. The number of hydrogen-bond acceptors (Lipinski definition) is 4. The number of benzene rings is 1. The van der Waals surface area contributed by atoms with E-state index in [0.717, 1.165) is 16.9 Å². The average molecular weight is 253 g/mol. The SMILES string of the molecule is COc1ccccc1CNC(C#N)c1cccnc1. The van der Waals surface area contributed by atoms with E-state index < -0.39 is 0 Å². The Labute approximate surface area is 112 Å². The summed E-state index contributed by atoms with van der Waals surface area (Å²) in [5, 5.41) is 12.4. The number of hydrogen-bond donors (Lipinski definition) is 1. The molecule has 0 saturated heterocycles. The van der Waals surface area contributed by atoms with Crippen molar-refractivity contribution in [3.8, 4) is 11.8 Å². The summed E-state index contributed by atoms with van der Waals surface area (Å²) in [6.07, 6.45) is 3.39. The van der Waals surface area contributed by atoms with Crippen LogP contribution in [-0.4, -0.2) is 12.1 Å². The van der Waals surface area contributed by atoms with Crippen LogP contribution < -0.4 is 10.1 Å². The maximum Gasteiger partial charge on any atom is 0.123 e. The lowest BCUT2D eigenvalue weighted by Crippen LogP contribution is -2.19. The Bertz CT molecular complexity index is 563. The van der Waals surface area contributed by atoms with Crippen LogP contribution in [0.3, 0.4) is 0 Å². The molecule has 4 nitrogen and oxygen atoms in total. The number of methoxy groups -OCH3 is 1. The van der Waals surface area contributed by atoms with Gasteiger partial charge in [-0.05, 0) is 12.1 Å². The molecule has 2 aromatic rings. The third-order valence-electron chi connectivity index (χ3n) is 2.84. The second-order valence-electron chi connectivity index (χ2n) is 4.04. The lowest BCUT2D eigenvalue weighted by atomic mass is 10.1. The Hall–Kier alpha value is -2.38. The summed E-state index contributed by atoms with van der Waals surface area (Å²) >= 11 is 0. The van der Waals surface area contributed by atoms with Gasteiger partial charge in [0.25, 0.3) is 0 Å². The molecule has 0 bridgehead atoms. The number of nitriles is 1. The minimum atomic E-state index is -0.376. The average Bonchev–Trinajstić information content (AvgIpc) is 2.49. The topological polar surface area (TPSA) is 57.9 Å². The first-order valence-electron chi connectivity index (χ1n) is 6.00. The lowest BCUT2D eigenvalue weighted by Gasteiger charge is -2.13. The van der Waals surface area contributed by atoms with Crippen LogP contribution in [0, 0.1) is 11.3 Å². The number of nitrogens with one attached hydrogen (secondary N) is 1. The first kappa shape index (κ1) is 13.1. The second kappa shape index (κ2) is 6.53. The van der Waals surface area contributed by atoms with Gasteiger partial charge in [0, 0.05) is 30.1 Å². The smallest absolute Gasteiger partial charge is 0.123 e. The van der Waals surface area contributed by atoms with Gasteiger partial charge < -0.3 is 4.74 Å². The van der Waals surface area contributed by atoms with Gasteiger partial charge in [0.2, 0.25) is 0 Å². The van der Waals surface area contributed by atoms with E-state index in [2.05, 4.69) is 16.4 Å². The van der Waals surface area contributed by atoms with Gasteiger partial charge in [-0.2, -0.15) is 5.26 Å². The van der Waals surface area contributed by atoms with E-state index in [0.29, 0.717) is 6.54 Å². The minimum absolute atomic E-state index is 0.376. The molecule has 0 radical (unpaired) electrons. The van der Waals surface area contributed by atoms with E-state index in [9.17, 15) is 5.26 Å². The molecule has 1 unspecified atom stereocenters. The van der Waals surface area contributed by atoms with E-state index in [-0.39, 0.29) is 6.04 Å². The number of pyridine rings is 1. The van der Waals surface area contributed by atoms with Gasteiger partial charge in [-0.3, -0.25) is 10.3 Å². The van der Waals surface area contributed by atoms with E-state index >= 15 is 0 Å². The highest BCUT2D eigenvalue weighted by Gasteiger charge is 2.10. The summed E-state index contributed by atoms with van der Waals surface area (Å²) in [6.45, 7) is 0.567. The van der Waals surface area contributed by atoms with Gasteiger partial charge in [-0.1, -0.05) is 24.3 Å². The van der Waals surface area contributed by atoms with Crippen molar-refractivity contribution in [3.63, 3.8) is 0 Å². The van der Waals surface area contributed by atoms with Gasteiger partial charge in [0.1, 0.15) is 11.8 Å². The Kier molecular flexibility index (Phi) is 4.49. The molecule has 2 rings (SSSR count). The third-order valence-corrected chi connectivity index (χ3v) is 2.84. The van der Waals surface area contributed by atoms with Gasteiger partial charge in [0.05, 0.1) is 13.2 Å². The Morgan fingerprint density at radius 1 is 1.32 bits per heavy atom. The summed E-state index contributed by atoms with van der Waals surface area (Å²) in [7, 11) is 1.64. The van der Waals surface area contributed by atoms with Crippen LogP contribution in [0.25, 0.3) is 0 Å². The molecule has 0 aliphatic heterocycles. The predicted molar refractivity (Wildman–Crippen MR) is 72.4 cm³/mol. The van der Waals surface area contributed by atoms with Gasteiger partial charge >= 0.3 is 0 Å². The Morgan fingerprint density at radius 3 is 2.84 bits per heavy atom. The van der Waals surface area contributed by atoms with E-state index in [1.54, 1.807) is 19.5 Å². The van der Waals surface area contributed by atoms with Crippen molar-refractivity contribution in [3.05, 3.63) is 59.9 Å². The zero-order chi connectivity index (χ0) is 13.5. The Balaban J connectivity index is 2.07. The van der Waals surface area contributed by atoms with Crippen molar-refractivity contribution in [1.82, 2.24) is 10.3 Å². The normalized spacial score (nSPS) is 11.6. The van der Waals surface area contributed by atoms with Crippen LogP contribution in [0.5, 0.6) is 5.75 Å². The van der Waals surface area contributed by atoms with E-state index in [1.165, 1.54) is 0 Å². The molecular formula is C15H15N3O. The first-order valence-corrected chi connectivity index (χ1v) is 6.00. The maximum atomic E-state index is 9.21. The number of ether oxygens (including phenoxy) is 1. The molecule has 19 heavy (non-hydrogen) atoms. The van der Waals surface area contributed by atoms with Crippen LogP contribution in [0.15, 0.2) is 48.8 Å². The molecule has 0 amide bonds. The molecule has 0 spiro atoms. The zero-order valence-corrected chi connectivity index (χ0v) is 10.7. The molecule has 1 heterocycles. The van der Waals surface area contributed by atoms with Gasteiger partial charge in [-0.25, -0.2) is 0 Å². The van der Waals surface area contributed by atoms with Gasteiger partial charge in [0.15, 0.2) is 0 Å². The van der Waals surface area contributed by atoms with Crippen LogP contribution >= 0.6 is 0 Å². The minimum Gasteiger partial charge on any atom is -0.496 e. The first-order chi connectivity index (χ1) is 9.35. The molecule has 1 aromatic heterocycles. The van der Waals surface area contributed by atoms with Crippen molar-refractivity contribution in [2.45, 2.75) is 12.6 Å². The predicted octanol–water partition coefficient (Wildman–Crippen LogP) is 2.44. The Morgan fingerprint density at radius 2 is 2.16 bits per heavy atom. The molecule has 0 saturated carbocycles. The number of rotatable bonds is 5. The standard InChI is InChI=1S/C15H15N3O/c1-19-15-7-3-2-5-13(15)11-18-14(9-16)12-6-4-8-17-10-12/h2-8,10,14,18H,11H2,1H3. The molecule has 0 aliphatic carbocycles. The molecule has 1 N–H and O–H groups in total. The molecular weight excluding hydrogens is 238 g/mol. The fraction of sp³-hybridized carbons (Fsp3) is 0.200. The zero-order valence-electron chi connectivity index (χ0n) is 10.7. The molecule has 0 fully saturated rings. The highest BCUT2D eigenvalue weighted by atomic mass is 16.5. The van der Waals surface area contributed by atoms with Crippen LogP contribution in [0.4, 0.5) is 0 Å². The summed E-state index contributed by atoms with van der Waals surface area (Å²) in [5.74, 6) is 0.817. The maximum absolute atomic E-state index is 9.21. The van der Waals surface area contributed by atoms with Crippen LogP contribution in [0.2, 0.25) is 0 Å². The van der Waals surface area contributed by atoms with Crippen molar-refractivity contribution >= 4 is 0 Å². The van der Waals surface area contributed by atoms with E-state index in [1.807, 2.05) is 36.4 Å².